The van der Waals surface area contributed by atoms with Gasteiger partial charge in [0.2, 0.25) is 5.91 Å². The monoisotopic (exact) mass is 301 g/mol. The lowest BCUT2D eigenvalue weighted by Gasteiger charge is -2.37. The van der Waals surface area contributed by atoms with Crippen LogP contribution in [0.5, 0.6) is 0 Å². The van der Waals surface area contributed by atoms with Gasteiger partial charge in [-0.25, -0.2) is 4.98 Å². The first-order valence-corrected chi connectivity index (χ1v) is 7.78. The Hall–Kier alpha value is -2.11. The van der Waals surface area contributed by atoms with E-state index in [2.05, 4.69) is 21.0 Å². The van der Waals surface area contributed by atoms with E-state index in [1.54, 1.807) is 6.92 Å². The largest absolute Gasteiger partial charge is 0.356 e. The van der Waals surface area contributed by atoms with Gasteiger partial charge in [0.05, 0.1) is 5.69 Å². The summed E-state index contributed by atoms with van der Waals surface area (Å²) < 4.78 is 1.93. The molecule has 2 aromatic heterocycles. The van der Waals surface area contributed by atoms with E-state index in [-0.39, 0.29) is 5.91 Å². The summed E-state index contributed by atoms with van der Waals surface area (Å²) in [5.74, 6) is 1.24. The smallest absolute Gasteiger partial charge is 0.219 e. The van der Waals surface area contributed by atoms with Gasteiger partial charge in [-0.3, -0.25) is 4.79 Å². The SMILES string of the molecule is CC(=O)N(C)C1CCN(c2cc(C)nc3cc(C)nn23)CC1. The summed E-state index contributed by atoms with van der Waals surface area (Å²) in [5, 5.41) is 4.56. The fourth-order valence-electron chi connectivity index (χ4n) is 3.16. The van der Waals surface area contributed by atoms with Crippen molar-refractivity contribution in [2.45, 2.75) is 39.7 Å². The van der Waals surface area contributed by atoms with E-state index in [0.717, 1.165) is 48.8 Å². The number of carbonyl (C=O) groups is 1. The number of aryl methyl sites for hydroxylation is 2. The number of hydrogen-bond donors (Lipinski definition) is 0. The number of rotatable bonds is 2. The standard InChI is InChI=1S/C16H23N5O/c1-11-10-16(21-15(17-11)9-12(2)18-21)20-7-5-14(6-8-20)19(4)13(3)22/h9-10,14H,5-8H2,1-4H3. The fraction of sp³-hybridized carbons (Fsp3) is 0.562. The van der Waals surface area contributed by atoms with Crippen molar-refractivity contribution in [2.24, 2.45) is 0 Å². The number of anilines is 1. The van der Waals surface area contributed by atoms with Gasteiger partial charge in [-0.1, -0.05) is 0 Å². The van der Waals surface area contributed by atoms with Crippen LogP contribution in [-0.2, 0) is 4.79 Å². The molecule has 1 aliphatic heterocycles. The Morgan fingerprint density at radius 3 is 2.55 bits per heavy atom. The minimum atomic E-state index is 0.142. The van der Waals surface area contributed by atoms with Gasteiger partial charge in [0, 0.05) is 50.9 Å². The van der Waals surface area contributed by atoms with Crippen LogP contribution in [0.4, 0.5) is 5.82 Å². The summed E-state index contributed by atoms with van der Waals surface area (Å²) in [7, 11) is 1.90. The lowest BCUT2D eigenvalue weighted by atomic mass is 10.0. The van der Waals surface area contributed by atoms with Gasteiger partial charge >= 0.3 is 0 Å². The van der Waals surface area contributed by atoms with Gasteiger partial charge in [0.1, 0.15) is 5.82 Å². The molecule has 1 amide bonds. The second-order valence-corrected chi connectivity index (χ2v) is 6.16. The molecule has 0 atom stereocenters. The third kappa shape index (κ3) is 2.65. The number of carbonyl (C=O) groups excluding carboxylic acids is 1. The van der Waals surface area contributed by atoms with E-state index in [4.69, 9.17) is 0 Å². The zero-order chi connectivity index (χ0) is 15.9. The summed E-state index contributed by atoms with van der Waals surface area (Å²) in [6.07, 6.45) is 1.97. The molecule has 0 saturated carbocycles. The van der Waals surface area contributed by atoms with Crippen LogP contribution in [0.3, 0.4) is 0 Å². The summed E-state index contributed by atoms with van der Waals surface area (Å²) in [6.45, 7) is 7.50. The molecule has 0 unspecified atom stereocenters. The Morgan fingerprint density at radius 1 is 1.23 bits per heavy atom. The van der Waals surface area contributed by atoms with Gasteiger partial charge in [-0.15, -0.1) is 0 Å². The van der Waals surface area contributed by atoms with Crippen LogP contribution in [0.15, 0.2) is 12.1 Å². The molecule has 0 spiro atoms. The molecule has 3 heterocycles. The fourth-order valence-corrected chi connectivity index (χ4v) is 3.16. The molecule has 0 aromatic carbocycles. The van der Waals surface area contributed by atoms with Gasteiger partial charge < -0.3 is 9.80 Å². The Labute approximate surface area is 130 Å². The molecule has 2 aromatic rings. The van der Waals surface area contributed by atoms with Crippen molar-refractivity contribution >= 4 is 17.4 Å². The molecule has 0 radical (unpaired) electrons. The topological polar surface area (TPSA) is 53.7 Å². The highest BCUT2D eigenvalue weighted by Crippen LogP contribution is 2.23. The Balaban J connectivity index is 1.83. The molecule has 1 saturated heterocycles. The van der Waals surface area contributed by atoms with Crippen molar-refractivity contribution in [3.05, 3.63) is 23.5 Å². The van der Waals surface area contributed by atoms with Gasteiger partial charge in [-0.05, 0) is 26.7 Å². The molecule has 118 valence electrons. The third-order valence-corrected chi connectivity index (χ3v) is 4.49. The first-order chi connectivity index (χ1) is 10.5. The van der Waals surface area contributed by atoms with E-state index in [0.29, 0.717) is 6.04 Å². The predicted octanol–water partition coefficient (Wildman–Crippen LogP) is 1.79. The van der Waals surface area contributed by atoms with E-state index >= 15 is 0 Å². The summed E-state index contributed by atoms with van der Waals surface area (Å²) in [5.41, 5.74) is 2.88. The average Bonchev–Trinajstić information content (AvgIpc) is 2.85. The molecule has 6 nitrogen and oxygen atoms in total. The third-order valence-electron chi connectivity index (χ3n) is 4.49. The van der Waals surface area contributed by atoms with Crippen LogP contribution in [0.2, 0.25) is 0 Å². The summed E-state index contributed by atoms with van der Waals surface area (Å²) in [6, 6.07) is 4.44. The van der Waals surface area contributed by atoms with Crippen LogP contribution < -0.4 is 4.90 Å². The molecule has 0 bridgehead atoms. The number of fused-ring (bicyclic) bond motifs is 1. The second-order valence-electron chi connectivity index (χ2n) is 6.16. The number of aromatic nitrogens is 3. The van der Waals surface area contributed by atoms with Gasteiger partial charge in [0.15, 0.2) is 5.65 Å². The lowest BCUT2D eigenvalue weighted by Crippen LogP contribution is -2.45. The number of nitrogens with zero attached hydrogens (tertiary/aromatic N) is 5. The minimum absolute atomic E-state index is 0.142. The van der Waals surface area contributed by atoms with Gasteiger partial charge in [0.25, 0.3) is 0 Å². The van der Waals surface area contributed by atoms with Crippen LogP contribution in [-0.4, -0.2) is 51.6 Å². The van der Waals surface area contributed by atoms with Crippen LogP contribution in [0, 0.1) is 13.8 Å². The quantitative estimate of drug-likeness (QED) is 0.848. The van der Waals surface area contributed by atoms with Crippen molar-refractivity contribution in [2.75, 3.05) is 25.0 Å². The molecular weight excluding hydrogens is 278 g/mol. The van der Waals surface area contributed by atoms with E-state index in [9.17, 15) is 4.79 Å². The van der Waals surface area contributed by atoms with E-state index in [1.807, 2.05) is 36.4 Å². The summed E-state index contributed by atoms with van der Waals surface area (Å²) >= 11 is 0. The average molecular weight is 301 g/mol. The first kappa shape index (κ1) is 14.8. The maximum absolute atomic E-state index is 11.5. The maximum atomic E-state index is 11.5. The molecule has 3 rings (SSSR count). The highest BCUT2D eigenvalue weighted by Gasteiger charge is 2.25. The Morgan fingerprint density at radius 2 is 1.91 bits per heavy atom. The maximum Gasteiger partial charge on any atom is 0.219 e. The van der Waals surface area contributed by atoms with Crippen molar-refractivity contribution in [3.63, 3.8) is 0 Å². The zero-order valence-corrected chi connectivity index (χ0v) is 13.7. The summed E-state index contributed by atoms with van der Waals surface area (Å²) in [4.78, 5) is 20.3. The number of amides is 1. The molecule has 0 N–H and O–H groups in total. The molecular formula is C16H23N5O. The first-order valence-electron chi connectivity index (χ1n) is 7.78. The lowest BCUT2D eigenvalue weighted by molar-refractivity contribution is -0.129. The predicted molar refractivity (Wildman–Crippen MR) is 86.1 cm³/mol. The molecule has 1 aliphatic rings. The van der Waals surface area contributed by atoms with Crippen LogP contribution in [0.25, 0.3) is 5.65 Å². The highest BCUT2D eigenvalue weighted by atomic mass is 16.2. The Kier molecular flexibility index (Phi) is 3.76. The van der Waals surface area contributed by atoms with E-state index in [1.165, 1.54) is 0 Å². The molecule has 0 aliphatic carbocycles. The van der Waals surface area contributed by atoms with Crippen molar-refractivity contribution in [3.8, 4) is 0 Å². The normalized spacial score (nSPS) is 16.3. The van der Waals surface area contributed by atoms with Crippen LogP contribution >= 0.6 is 0 Å². The minimum Gasteiger partial charge on any atom is -0.356 e. The van der Waals surface area contributed by atoms with Crippen LogP contribution in [0.1, 0.15) is 31.2 Å². The molecule has 6 heteroatoms. The zero-order valence-electron chi connectivity index (χ0n) is 13.7. The highest BCUT2D eigenvalue weighted by molar-refractivity contribution is 5.73. The van der Waals surface area contributed by atoms with Crippen molar-refractivity contribution in [1.29, 1.82) is 0 Å². The van der Waals surface area contributed by atoms with Crippen molar-refractivity contribution < 1.29 is 4.79 Å². The number of piperidine rings is 1. The van der Waals surface area contributed by atoms with Gasteiger partial charge in [-0.2, -0.15) is 9.61 Å². The molecule has 22 heavy (non-hydrogen) atoms. The number of hydrogen-bond acceptors (Lipinski definition) is 4. The van der Waals surface area contributed by atoms with E-state index < -0.39 is 0 Å². The second kappa shape index (κ2) is 5.59. The van der Waals surface area contributed by atoms with Crippen molar-refractivity contribution in [1.82, 2.24) is 19.5 Å². The Bertz CT molecular complexity index is 700. The molecule has 1 fully saturated rings.